The Hall–Kier alpha value is -2.34. The molecule has 2 aliphatic carbocycles. The number of imide groups is 1. The number of nitrogens with zero attached hydrogens (tertiary/aromatic N) is 2. The largest absolute Gasteiger partial charge is 0.443 e. The lowest BCUT2D eigenvalue weighted by Crippen LogP contribution is -2.63. The van der Waals surface area contributed by atoms with Crippen molar-refractivity contribution in [1.82, 2.24) is 14.9 Å². The Morgan fingerprint density at radius 3 is 2.72 bits per heavy atom. The number of hydrogen-bond donors (Lipinski definition) is 1. The van der Waals surface area contributed by atoms with Crippen molar-refractivity contribution in [3.63, 3.8) is 0 Å². The van der Waals surface area contributed by atoms with Crippen molar-refractivity contribution in [2.45, 2.75) is 70.4 Å². The molecular formula is C22H24ClN3O3. The molecule has 2 aromatic rings. The van der Waals surface area contributed by atoms with Crippen LogP contribution in [0.25, 0.3) is 11.3 Å². The average Bonchev–Trinajstić information content (AvgIpc) is 2.97. The standard InChI is InChI=1S/C22H24ClN3O3/c1-21(2,3)29-20(28)26-19(27)17-13-6-5-12-11-24-16(23)9-14(12)18(13)25-15(17)10-22(26)7-4-8-22/h9,11,25H,4-8,10H2,1-3H3. The molecule has 7 heteroatoms. The molecule has 5 rings (SSSR count). The maximum absolute atomic E-state index is 13.6. The fourth-order valence-corrected chi connectivity index (χ4v) is 5.08. The van der Waals surface area contributed by atoms with Gasteiger partial charge in [0.25, 0.3) is 5.91 Å². The highest BCUT2D eigenvalue weighted by molar-refractivity contribution is 6.29. The van der Waals surface area contributed by atoms with Gasteiger partial charge < -0.3 is 9.72 Å². The molecule has 2 amide bonds. The molecule has 1 fully saturated rings. The number of fused-ring (bicyclic) bond motifs is 5. The van der Waals surface area contributed by atoms with E-state index in [2.05, 4.69) is 9.97 Å². The van der Waals surface area contributed by atoms with E-state index in [9.17, 15) is 9.59 Å². The summed E-state index contributed by atoms with van der Waals surface area (Å²) in [5.41, 5.74) is 4.48. The van der Waals surface area contributed by atoms with Gasteiger partial charge in [-0.2, -0.15) is 0 Å². The third-order valence-corrected chi connectivity index (χ3v) is 6.51. The van der Waals surface area contributed by atoms with Crippen molar-refractivity contribution < 1.29 is 14.3 Å². The van der Waals surface area contributed by atoms with Crippen molar-refractivity contribution in [3.8, 4) is 11.3 Å². The minimum absolute atomic E-state index is 0.235. The predicted octanol–water partition coefficient (Wildman–Crippen LogP) is 4.68. The van der Waals surface area contributed by atoms with E-state index >= 15 is 0 Å². The molecule has 152 valence electrons. The Morgan fingerprint density at radius 1 is 1.31 bits per heavy atom. The summed E-state index contributed by atoms with van der Waals surface area (Å²) in [6, 6.07) is 1.85. The first-order valence-corrected chi connectivity index (χ1v) is 10.5. The topological polar surface area (TPSA) is 75.3 Å². The fourth-order valence-electron chi connectivity index (χ4n) is 4.92. The van der Waals surface area contributed by atoms with Crippen LogP contribution in [-0.2, 0) is 24.0 Å². The third-order valence-electron chi connectivity index (χ3n) is 6.31. The summed E-state index contributed by atoms with van der Waals surface area (Å²) >= 11 is 6.14. The monoisotopic (exact) mass is 413 g/mol. The minimum atomic E-state index is -0.650. The third kappa shape index (κ3) is 2.80. The molecule has 0 bridgehead atoms. The number of carbonyl (C=O) groups excluding carboxylic acids is 2. The highest BCUT2D eigenvalue weighted by Crippen LogP contribution is 2.48. The molecule has 1 aliphatic heterocycles. The normalized spacial score (nSPS) is 19.3. The van der Waals surface area contributed by atoms with E-state index in [1.54, 1.807) is 0 Å². The number of hydrogen-bond acceptors (Lipinski definition) is 4. The van der Waals surface area contributed by atoms with Gasteiger partial charge in [0, 0.05) is 23.9 Å². The van der Waals surface area contributed by atoms with Crippen LogP contribution in [-0.4, -0.2) is 38.0 Å². The Labute approximate surface area is 174 Å². The zero-order chi connectivity index (χ0) is 20.6. The molecule has 0 atom stereocenters. The second-order valence-corrected chi connectivity index (χ2v) is 9.76. The maximum atomic E-state index is 13.6. The predicted molar refractivity (Wildman–Crippen MR) is 109 cm³/mol. The Kier molecular flexibility index (Phi) is 3.92. The first kappa shape index (κ1) is 18.7. The van der Waals surface area contributed by atoms with Crippen LogP contribution in [0.3, 0.4) is 0 Å². The smallest absolute Gasteiger partial charge is 0.417 e. The van der Waals surface area contributed by atoms with E-state index in [1.807, 2.05) is 33.0 Å². The number of carbonyl (C=O) groups is 2. The zero-order valence-corrected chi connectivity index (χ0v) is 17.7. The van der Waals surface area contributed by atoms with Crippen LogP contribution < -0.4 is 0 Å². The van der Waals surface area contributed by atoms with Gasteiger partial charge in [-0.25, -0.2) is 14.7 Å². The molecule has 2 aromatic heterocycles. The molecule has 1 N–H and O–H groups in total. The molecule has 0 saturated heterocycles. The number of aromatic nitrogens is 2. The van der Waals surface area contributed by atoms with E-state index in [0.717, 1.165) is 60.2 Å². The molecular weight excluding hydrogens is 390 g/mol. The van der Waals surface area contributed by atoms with E-state index < -0.39 is 17.2 Å². The van der Waals surface area contributed by atoms with Gasteiger partial charge in [0.2, 0.25) is 0 Å². The van der Waals surface area contributed by atoms with Crippen LogP contribution in [0.4, 0.5) is 4.79 Å². The van der Waals surface area contributed by atoms with Gasteiger partial charge in [0.1, 0.15) is 10.8 Å². The molecule has 1 spiro atoms. The number of amides is 2. The summed E-state index contributed by atoms with van der Waals surface area (Å²) in [6.45, 7) is 5.47. The summed E-state index contributed by atoms with van der Waals surface area (Å²) in [5, 5.41) is 0.432. The number of rotatable bonds is 0. The van der Waals surface area contributed by atoms with Crippen LogP contribution in [0.1, 0.15) is 67.2 Å². The molecule has 3 heterocycles. The second kappa shape index (κ2) is 6.08. The van der Waals surface area contributed by atoms with Crippen molar-refractivity contribution >= 4 is 23.6 Å². The molecule has 29 heavy (non-hydrogen) atoms. The molecule has 3 aliphatic rings. The Morgan fingerprint density at radius 2 is 2.07 bits per heavy atom. The van der Waals surface area contributed by atoms with Crippen molar-refractivity contribution in [1.29, 1.82) is 0 Å². The van der Waals surface area contributed by atoms with E-state index in [4.69, 9.17) is 16.3 Å². The number of nitrogens with one attached hydrogen (secondary N) is 1. The highest BCUT2D eigenvalue weighted by Gasteiger charge is 2.54. The van der Waals surface area contributed by atoms with Gasteiger partial charge in [-0.1, -0.05) is 11.6 Å². The number of aromatic amines is 1. The number of aryl methyl sites for hydroxylation is 1. The first-order valence-electron chi connectivity index (χ1n) is 10.1. The number of H-pyrrole nitrogens is 1. The van der Waals surface area contributed by atoms with Crippen molar-refractivity contribution in [2.75, 3.05) is 0 Å². The lowest BCUT2D eigenvalue weighted by molar-refractivity contribution is -0.0214. The summed E-state index contributed by atoms with van der Waals surface area (Å²) < 4.78 is 5.62. The number of ether oxygens (including phenoxy) is 1. The zero-order valence-electron chi connectivity index (χ0n) is 16.9. The Balaban J connectivity index is 1.62. The van der Waals surface area contributed by atoms with E-state index in [1.165, 1.54) is 4.90 Å². The van der Waals surface area contributed by atoms with Gasteiger partial charge in [-0.3, -0.25) is 4.79 Å². The van der Waals surface area contributed by atoms with Crippen LogP contribution in [0.2, 0.25) is 5.15 Å². The quantitative estimate of drug-likeness (QED) is 0.636. The fraction of sp³-hybridized carbons (Fsp3) is 0.500. The summed E-state index contributed by atoms with van der Waals surface area (Å²) in [6.07, 6.45) is 6.08. The van der Waals surface area contributed by atoms with Crippen LogP contribution in [0.5, 0.6) is 0 Å². The SMILES string of the molecule is CC(C)(C)OC(=O)N1C(=O)c2c([nH]c3c2CCc2cnc(Cl)cc2-3)CC12CCC2. The van der Waals surface area contributed by atoms with E-state index in [0.29, 0.717) is 17.1 Å². The van der Waals surface area contributed by atoms with Gasteiger partial charge in [-0.15, -0.1) is 0 Å². The highest BCUT2D eigenvalue weighted by atomic mass is 35.5. The molecule has 1 saturated carbocycles. The van der Waals surface area contributed by atoms with Gasteiger partial charge in [0.05, 0.1) is 16.8 Å². The molecule has 0 unspecified atom stereocenters. The average molecular weight is 414 g/mol. The summed E-state index contributed by atoms with van der Waals surface area (Å²) in [5.74, 6) is -0.235. The van der Waals surface area contributed by atoms with Crippen LogP contribution in [0, 0.1) is 0 Å². The van der Waals surface area contributed by atoms with Gasteiger partial charge in [-0.05, 0) is 70.1 Å². The summed E-state index contributed by atoms with van der Waals surface area (Å²) in [4.78, 5) is 35.8. The molecule has 0 radical (unpaired) electrons. The number of pyridine rings is 1. The summed E-state index contributed by atoms with van der Waals surface area (Å²) in [7, 11) is 0. The first-order chi connectivity index (χ1) is 13.7. The van der Waals surface area contributed by atoms with Crippen molar-refractivity contribution in [2.24, 2.45) is 0 Å². The molecule has 0 aromatic carbocycles. The van der Waals surface area contributed by atoms with Gasteiger partial charge >= 0.3 is 6.09 Å². The second-order valence-electron chi connectivity index (χ2n) is 9.37. The lowest BCUT2D eigenvalue weighted by atomic mass is 9.69. The van der Waals surface area contributed by atoms with Crippen LogP contribution in [0.15, 0.2) is 12.3 Å². The van der Waals surface area contributed by atoms with E-state index in [-0.39, 0.29) is 5.91 Å². The molecule has 6 nitrogen and oxygen atoms in total. The number of halogens is 1. The van der Waals surface area contributed by atoms with Crippen LogP contribution >= 0.6 is 11.6 Å². The lowest BCUT2D eigenvalue weighted by Gasteiger charge is -2.51. The Bertz CT molecular complexity index is 1050. The maximum Gasteiger partial charge on any atom is 0.417 e. The van der Waals surface area contributed by atoms with Gasteiger partial charge in [0.15, 0.2) is 0 Å². The minimum Gasteiger partial charge on any atom is -0.443 e. The van der Waals surface area contributed by atoms with Crippen molar-refractivity contribution in [3.05, 3.63) is 39.8 Å².